The van der Waals surface area contributed by atoms with E-state index in [2.05, 4.69) is 36.4 Å². The first kappa shape index (κ1) is 13.2. The molecule has 1 aliphatic rings. The van der Waals surface area contributed by atoms with Crippen molar-refractivity contribution in [3.8, 4) is 5.75 Å². The summed E-state index contributed by atoms with van der Waals surface area (Å²) < 4.78 is 5.53. The van der Waals surface area contributed by atoms with Crippen LogP contribution in [0.5, 0.6) is 5.75 Å². The van der Waals surface area contributed by atoms with Crippen LogP contribution in [0.25, 0.3) is 0 Å². The number of nitrogens with zero attached hydrogens (tertiary/aromatic N) is 1. The minimum absolute atomic E-state index is 1.05. The summed E-state index contributed by atoms with van der Waals surface area (Å²) in [6, 6.07) is 4.50. The molecule has 0 amide bonds. The van der Waals surface area contributed by atoms with E-state index in [9.17, 15) is 0 Å². The second-order valence-electron chi connectivity index (χ2n) is 5.26. The molecule has 0 unspecified atom stereocenters. The number of benzene rings is 1. The zero-order valence-electron chi connectivity index (χ0n) is 11.8. The first-order valence-corrected chi connectivity index (χ1v) is 6.79. The normalized spacial score (nSPS) is 14.2. The number of anilines is 1. The molecule has 1 N–H and O–H groups in total. The molecule has 0 saturated carbocycles. The summed E-state index contributed by atoms with van der Waals surface area (Å²) in [5.74, 6) is 1.05. The second kappa shape index (κ2) is 6.10. The van der Waals surface area contributed by atoms with Crippen molar-refractivity contribution in [2.45, 2.75) is 25.7 Å². The van der Waals surface area contributed by atoms with Gasteiger partial charge in [0.2, 0.25) is 0 Å². The maximum Gasteiger partial charge on any atom is 0.122 e. The summed E-state index contributed by atoms with van der Waals surface area (Å²) >= 11 is 0. The Morgan fingerprint density at radius 1 is 1.33 bits per heavy atom. The Bertz CT molecular complexity index is 402. The highest BCUT2D eigenvalue weighted by Gasteiger charge is 2.13. The number of hydrogen-bond donors (Lipinski definition) is 1. The van der Waals surface area contributed by atoms with E-state index in [1.54, 1.807) is 7.11 Å². The SMILES string of the molecule is COc1cc2c(cc1CCCN(C)C)NCCC2. The molecular weight excluding hydrogens is 224 g/mol. The molecule has 1 aliphatic heterocycles. The lowest BCUT2D eigenvalue weighted by atomic mass is 9.98. The van der Waals surface area contributed by atoms with Gasteiger partial charge in [0, 0.05) is 12.2 Å². The van der Waals surface area contributed by atoms with E-state index in [4.69, 9.17) is 4.74 Å². The third-order valence-corrected chi connectivity index (χ3v) is 3.50. The van der Waals surface area contributed by atoms with E-state index in [1.165, 1.54) is 29.7 Å². The fourth-order valence-corrected chi connectivity index (χ4v) is 2.51. The minimum Gasteiger partial charge on any atom is -0.496 e. The number of rotatable bonds is 5. The van der Waals surface area contributed by atoms with Gasteiger partial charge in [-0.3, -0.25) is 0 Å². The van der Waals surface area contributed by atoms with Crippen LogP contribution in [0.2, 0.25) is 0 Å². The molecule has 0 saturated heterocycles. The molecule has 100 valence electrons. The maximum atomic E-state index is 5.53. The molecule has 18 heavy (non-hydrogen) atoms. The van der Waals surface area contributed by atoms with Crippen LogP contribution in [0.1, 0.15) is 24.0 Å². The van der Waals surface area contributed by atoms with E-state index in [0.717, 1.165) is 31.7 Å². The van der Waals surface area contributed by atoms with Gasteiger partial charge in [-0.05, 0) is 69.6 Å². The zero-order valence-corrected chi connectivity index (χ0v) is 11.8. The number of aryl methyl sites for hydroxylation is 2. The number of hydrogen-bond acceptors (Lipinski definition) is 3. The van der Waals surface area contributed by atoms with Crippen LogP contribution in [0.15, 0.2) is 12.1 Å². The van der Waals surface area contributed by atoms with Gasteiger partial charge in [0.05, 0.1) is 7.11 Å². The number of methoxy groups -OCH3 is 1. The summed E-state index contributed by atoms with van der Waals surface area (Å²) in [6.07, 6.45) is 4.63. The Hall–Kier alpha value is -1.22. The van der Waals surface area contributed by atoms with Crippen LogP contribution in [0.3, 0.4) is 0 Å². The van der Waals surface area contributed by atoms with Crippen molar-refractivity contribution in [2.24, 2.45) is 0 Å². The third kappa shape index (κ3) is 3.16. The molecule has 1 aromatic rings. The molecule has 1 aromatic carbocycles. The van der Waals surface area contributed by atoms with Gasteiger partial charge in [-0.25, -0.2) is 0 Å². The highest BCUT2D eigenvalue weighted by Crippen LogP contribution is 2.31. The minimum atomic E-state index is 1.05. The summed E-state index contributed by atoms with van der Waals surface area (Å²) in [4.78, 5) is 2.23. The number of nitrogens with one attached hydrogen (secondary N) is 1. The lowest BCUT2D eigenvalue weighted by molar-refractivity contribution is 0.391. The number of fused-ring (bicyclic) bond motifs is 1. The Labute approximate surface area is 110 Å². The zero-order chi connectivity index (χ0) is 13.0. The molecule has 0 spiro atoms. The van der Waals surface area contributed by atoms with Crippen LogP contribution >= 0.6 is 0 Å². The molecule has 0 aliphatic carbocycles. The largest absolute Gasteiger partial charge is 0.496 e. The smallest absolute Gasteiger partial charge is 0.122 e. The summed E-state index contributed by atoms with van der Waals surface area (Å²) in [5.41, 5.74) is 4.03. The summed E-state index contributed by atoms with van der Waals surface area (Å²) in [6.45, 7) is 2.21. The van der Waals surface area contributed by atoms with Gasteiger partial charge in [0.1, 0.15) is 5.75 Å². The molecule has 2 rings (SSSR count). The van der Waals surface area contributed by atoms with Gasteiger partial charge in [0.25, 0.3) is 0 Å². The average Bonchev–Trinajstić information content (AvgIpc) is 2.37. The molecule has 3 heteroatoms. The van der Waals surface area contributed by atoms with E-state index in [0.29, 0.717) is 0 Å². The summed E-state index contributed by atoms with van der Waals surface area (Å²) in [7, 11) is 6.00. The lowest BCUT2D eigenvalue weighted by Crippen LogP contribution is -2.15. The van der Waals surface area contributed by atoms with Gasteiger partial charge in [-0.1, -0.05) is 0 Å². The molecule has 0 fully saturated rings. The van der Waals surface area contributed by atoms with E-state index in [-0.39, 0.29) is 0 Å². The fraction of sp³-hybridized carbons (Fsp3) is 0.600. The molecule has 0 radical (unpaired) electrons. The highest BCUT2D eigenvalue weighted by atomic mass is 16.5. The van der Waals surface area contributed by atoms with Crippen LogP contribution < -0.4 is 10.1 Å². The van der Waals surface area contributed by atoms with Crippen LogP contribution in [0.4, 0.5) is 5.69 Å². The Balaban J connectivity index is 2.12. The molecule has 0 bridgehead atoms. The van der Waals surface area contributed by atoms with E-state index < -0.39 is 0 Å². The van der Waals surface area contributed by atoms with Crippen molar-refractivity contribution >= 4 is 5.69 Å². The molecule has 0 aromatic heterocycles. The quantitative estimate of drug-likeness (QED) is 0.866. The third-order valence-electron chi connectivity index (χ3n) is 3.50. The Morgan fingerprint density at radius 3 is 2.89 bits per heavy atom. The molecule has 1 heterocycles. The average molecular weight is 248 g/mol. The van der Waals surface area contributed by atoms with Crippen molar-refractivity contribution < 1.29 is 4.74 Å². The fourth-order valence-electron chi connectivity index (χ4n) is 2.51. The first-order chi connectivity index (χ1) is 8.70. The molecular formula is C15H24N2O. The van der Waals surface area contributed by atoms with Crippen molar-refractivity contribution in [1.29, 1.82) is 0 Å². The first-order valence-electron chi connectivity index (χ1n) is 6.79. The van der Waals surface area contributed by atoms with Crippen molar-refractivity contribution in [2.75, 3.05) is 39.6 Å². The Kier molecular flexibility index (Phi) is 4.48. The van der Waals surface area contributed by atoms with Gasteiger partial charge in [-0.2, -0.15) is 0 Å². The highest BCUT2D eigenvalue weighted by molar-refractivity contribution is 5.59. The topological polar surface area (TPSA) is 24.5 Å². The van der Waals surface area contributed by atoms with E-state index in [1.807, 2.05) is 0 Å². The van der Waals surface area contributed by atoms with Crippen molar-refractivity contribution in [1.82, 2.24) is 4.90 Å². The lowest BCUT2D eigenvalue weighted by Gasteiger charge is -2.21. The van der Waals surface area contributed by atoms with Gasteiger partial charge in [0.15, 0.2) is 0 Å². The predicted molar refractivity (Wildman–Crippen MR) is 76.7 cm³/mol. The van der Waals surface area contributed by atoms with Gasteiger partial charge in [-0.15, -0.1) is 0 Å². The predicted octanol–water partition coefficient (Wildman–Crippen LogP) is 2.55. The van der Waals surface area contributed by atoms with Crippen molar-refractivity contribution in [3.05, 3.63) is 23.3 Å². The molecule has 3 nitrogen and oxygen atoms in total. The van der Waals surface area contributed by atoms with Gasteiger partial charge >= 0.3 is 0 Å². The van der Waals surface area contributed by atoms with Crippen molar-refractivity contribution in [3.63, 3.8) is 0 Å². The Morgan fingerprint density at radius 2 is 2.17 bits per heavy atom. The standard InChI is InChI=1S/C15H24N2O/c1-17(2)9-5-7-13-10-14-12(6-4-8-16-14)11-15(13)18-3/h10-11,16H,4-9H2,1-3H3. The van der Waals surface area contributed by atoms with Crippen LogP contribution in [-0.2, 0) is 12.8 Å². The monoisotopic (exact) mass is 248 g/mol. The maximum absolute atomic E-state index is 5.53. The molecule has 0 atom stereocenters. The van der Waals surface area contributed by atoms with E-state index >= 15 is 0 Å². The number of ether oxygens (including phenoxy) is 1. The van der Waals surface area contributed by atoms with Crippen LogP contribution in [0, 0.1) is 0 Å². The van der Waals surface area contributed by atoms with Gasteiger partial charge < -0.3 is 15.0 Å². The summed E-state index contributed by atoms with van der Waals surface area (Å²) in [5, 5.41) is 3.49. The van der Waals surface area contributed by atoms with Crippen LogP contribution in [-0.4, -0.2) is 39.2 Å². The second-order valence-corrected chi connectivity index (χ2v) is 5.26.